The lowest BCUT2D eigenvalue weighted by Crippen LogP contribution is -2.26. The number of hydrogen-bond donors (Lipinski definition) is 1. The molecular weight excluding hydrogens is 449 g/mol. The molecule has 1 aliphatic heterocycles. The van der Waals surface area contributed by atoms with Crippen molar-refractivity contribution < 1.29 is 18.0 Å². The zero-order valence-electron chi connectivity index (χ0n) is 18.2. The van der Waals surface area contributed by atoms with Crippen LogP contribution in [0.1, 0.15) is 46.8 Å². The standard InChI is InChI=1S/C24H25F3N4OS/c1-3-33-30-13-5-4-11-19(15-30)31-21-16(2)8-6-12-20(21)28-23(31)29-22(32)17-9-7-10-18(14-17)24(25,26)27/h3,6-10,12,14,19H,1,4-5,11,13,15H2,2H3,(H,28,29,32). The van der Waals surface area contributed by atoms with Crippen LogP contribution in [0, 0.1) is 6.92 Å². The number of aryl methyl sites for hydroxylation is 1. The molecule has 1 aromatic heterocycles. The maximum absolute atomic E-state index is 13.1. The van der Waals surface area contributed by atoms with Crippen molar-refractivity contribution in [3.63, 3.8) is 0 Å². The summed E-state index contributed by atoms with van der Waals surface area (Å²) < 4.78 is 43.7. The number of fused-ring (bicyclic) bond motifs is 1. The Hall–Kier alpha value is -2.78. The highest BCUT2D eigenvalue weighted by atomic mass is 32.2. The molecule has 2 heterocycles. The highest BCUT2D eigenvalue weighted by Gasteiger charge is 2.31. The summed E-state index contributed by atoms with van der Waals surface area (Å²) in [5.41, 5.74) is 1.76. The molecule has 1 saturated heterocycles. The molecule has 0 aliphatic carbocycles. The van der Waals surface area contributed by atoms with E-state index in [1.165, 1.54) is 12.1 Å². The van der Waals surface area contributed by atoms with Crippen molar-refractivity contribution in [1.29, 1.82) is 0 Å². The van der Waals surface area contributed by atoms with E-state index < -0.39 is 17.6 Å². The smallest absolute Gasteiger partial charge is 0.305 e. The van der Waals surface area contributed by atoms with E-state index in [1.807, 2.05) is 29.7 Å². The van der Waals surface area contributed by atoms with Gasteiger partial charge in [0.25, 0.3) is 5.91 Å². The largest absolute Gasteiger partial charge is 0.416 e. The van der Waals surface area contributed by atoms with Crippen molar-refractivity contribution in [2.45, 2.75) is 38.4 Å². The van der Waals surface area contributed by atoms with Crippen LogP contribution in [0.3, 0.4) is 0 Å². The van der Waals surface area contributed by atoms with Crippen LogP contribution in [0.2, 0.25) is 0 Å². The van der Waals surface area contributed by atoms with Gasteiger partial charge in [-0.25, -0.2) is 9.29 Å². The van der Waals surface area contributed by atoms with Crippen molar-refractivity contribution in [1.82, 2.24) is 13.9 Å². The Morgan fingerprint density at radius 1 is 1.24 bits per heavy atom. The number of amides is 1. The Kier molecular flexibility index (Phi) is 6.81. The minimum atomic E-state index is -4.52. The van der Waals surface area contributed by atoms with Crippen LogP contribution in [0.4, 0.5) is 19.1 Å². The number of benzene rings is 2. The molecule has 1 atom stereocenters. The van der Waals surface area contributed by atoms with Gasteiger partial charge in [-0.15, -0.1) is 0 Å². The zero-order valence-corrected chi connectivity index (χ0v) is 19.0. The molecule has 9 heteroatoms. The van der Waals surface area contributed by atoms with Gasteiger partial charge in [0.05, 0.1) is 22.6 Å². The van der Waals surface area contributed by atoms with Crippen molar-refractivity contribution >= 4 is 34.8 Å². The van der Waals surface area contributed by atoms with Gasteiger partial charge in [-0.2, -0.15) is 13.2 Å². The van der Waals surface area contributed by atoms with E-state index in [1.54, 1.807) is 17.4 Å². The number of para-hydroxylation sites is 1. The first-order valence-corrected chi connectivity index (χ1v) is 11.6. The second-order valence-corrected chi connectivity index (χ2v) is 9.15. The maximum Gasteiger partial charge on any atom is 0.416 e. The number of rotatable bonds is 5. The lowest BCUT2D eigenvalue weighted by molar-refractivity contribution is -0.137. The molecule has 33 heavy (non-hydrogen) atoms. The molecule has 2 aromatic carbocycles. The van der Waals surface area contributed by atoms with Gasteiger partial charge in [-0.1, -0.05) is 43.1 Å². The molecule has 174 valence electrons. The fraction of sp³-hybridized carbons (Fsp3) is 0.333. The van der Waals surface area contributed by atoms with Crippen LogP contribution in [0.5, 0.6) is 0 Å². The molecule has 4 rings (SSSR count). The van der Waals surface area contributed by atoms with Gasteiger partial charge in [0, 0.05) is 18.7 Å². The fourth-order valence-electron chi connectivity index (χ4n) is 4.27. The predicted molar refractivity (Wildman–Crippen MR) is 126 cm³/mol. The van der Waals surface area contributed by atoms with Crippen molar-refractivity contribution in [3.05, 3.63) is 71.1 Å². The molecule has 1 fully saturated rings. The average molecular weight is 475 g/mol. The van der Waals surface area contributed by atoms with Gasteiger partial charge in [0.15, 0.2) is 0 Å². The summed E-state index contributed by atoms with van der Waals surface area (Å²) in [5.74, 6) is -0.279. The highest BCUT2D eigenvalue weighted by molar-refractivity contribution is 7.99. The fourth-order valence-corrected chi connectivity index (χ4v) is 4.98. The number of hydrogen-bond acceptors (Lipinski definition) is 4. The third-order valence-electron chi connectivity index (χ3n) is 5.79. The Labute approximate surface area is 194 Å². The third-order valence-corrected chi connectivity index (χ3v) is 6.57. The SMILES string of the molecule is C=CSN1CCCCC(n2c(NC(=O)c3cccc(C(F)(F)F)c3)nc3cccc(C)c32)C1. The Bertz CT molecular complexity index is 1170. The van der Waals surface area contributed by atoms with Crippen LogP contribution in [0.15, 0.2) is 54.5 Å². The van der Waals surface area contributed by atoms with Gasteiger partial charge in [-0.3, -0.25) is 10.1 Å². The topological polar surface area (TPSA) is 50.2 Å². The van der Waals surface area contributed by atoms with Crippen molar-refractivity contribution in [3.8, 4) is 0 Å². The maximum atomic E-state index is 13.1. The summed E-state index contributed by atoms with van der Waals surface area (Å²) in [6, 6.07) is 10.2. The summed E-state index contributed by atoms with van der Waals surface area (Å²) in [5, 5.41) is 4.59. The van der Waals surface area contributed by atoms with Gasteiger partial charge in [0.1, 0.15) is 0 Å². The first-order valence-electron chi connectivity index (χ1n) is 10.8. The van der Waals surface area contributed by atoms with Crippen molar-refractivity contribution in [2.24, 2.45) is 0 Å². The van der Waals surface area contributed by atoms with Crippen molar-refractivity contribution in [2.75, 3.05) is 18.4 Å². The van der Waals surface area contributed by atoms with Gasteiger partial charge < -0.3 is 4.57 Å². The zero-order chi connectivity index (χ0) is 23.6. The molecule has 1 unspecified atom stereocenters. The van der Waals surface area contributed by atoms with Crippen LogP contribution in [0.25, 0.3) is 11.0 Å². The minimum Gasteiger partial charge on any atom is -0.305 e. The summed E-state index contributed by atoms with van der Waals surface area (Å²) in [4.78, 5) is 17.6. The molecule has 0 spiro atoms. The lowest BCUT2D eigenvalue weighted by atomic mass is 10.1. The molecule has 5 nitrogen and oxygen atoms in total. The Balaban J connectivity index is 1.73. The second kappa shape index (κ2) is 9.61. The monoisotopic (exact) mass is 474 g/mol. The number of imidazole rings is 1. The number of carbonyl (C=O) groups excluding carboxylic acids is 1. The van der Waals surface area contributed by atoms with E-state index >= 15 is 0 Å². The Morgan fingerprint density at radius 3 is 2.79 bits per heavy atom. The number of nitrogens with zero attached hydrogens (tertiary/aromatic N) is 3. The minimum absolute atomic E-state index is 0.0443. The van der Waals surface area contributed by atoms with Crippen LogP contribution >= 0.6 is 11.9 Å². The molecule has 1 N–H and O–H groups in total. The number of anilines is 1. The van der Waals surface area contributed by atoms with Crippen LogP contribution in [-0.2, 0) is 6.18 Å². The first kappa shape index (κ1) is 23.4. The molecule has 3 aromatic rings. The number of carbonyl (C=O) groups is 1. The molecule has 0 radical (unpaired) electrons. The molecule has 0 bridgehead atoms. The van der Waals surface area contributed by atoms with Crippen LogP contribution < -0.4 is 5.32 Å². The van der Waals surface area contributed by atoms with E-state index in [-0.39, 0.29) is 11.6 Å². The van der Waals surface area contributed by atoms with E-state index in [2.05, 4.69) is 21.2 Å². The Morgan fingerprint density at radius 2 is 2.03 bits per heavy atom. The molecule has 1 amide bonds. The second-order valence-electron chi connectivity index (χ2n) is 8.09. The average Bonchev–Trinajstić information content (AvgIpc) is 2.98. The quantitative estimate of drug-likeness (QED) is 0.433. The predicted octanol–water partition coefficient (Wildman–Crippen LogP) is 6.43. The lowest BCUT2D eigenvalue weighted by Gasteiger charge is -2.25. The normalized spacial score (nSPS) is 17.6. The van der Waals surface area contributed by atoms with E-state index in [0.717, 1.165) is 61.1 Å². The van der Waals surface area contributed by atoms with Gasteiger partial charge in [0.2, 0.25) is 5.95 Å². The number of aromatic nitrogens is 2. The molecular formula is C24H25F3N4OS. The summed E-state index contributed by atoms with van der Waals surface area (Å²) in [6.07, 6.45) is -1.55. The number of nitrogens with one attached hydrogen (secondary N) is 1. The van der Waals surface area contributed by atoms with E-state index in [0.29, 0.717) is 5.95 Å². The van der Waals surface area contributed by atoms with Gasteiger partial charge in [-0.05, 0) is 55.0 Å². The van der Waals surface area contributed by atoms with Crippen LogP contribution in [-0.4, -0.2) is 32.9 Å². The van der Waals surface area contributed by atoms with Gasteiger partial charge >= 0.3 is 6.18 Å². The summed E-state index contributed by atoms with van der Waals surface area (Å²) >= 11 is 1.57. The highest BCUT2D eigenvalue weighted by Crippen LogP contribution is 2.34. The first-order chi connectivity index (χ1) is 15.8. The van der Waals surface area contributed by atoms with E-state index in [9.17, 15) is 18.0 Å². The summed E-state index contributed by atoms with van der Waals surface area (Å²) in [6.45, 7) is 7.48. The molecule has 1 aliphatic rings. The molecule has 0 saturated carbocycles. The summed E-state index contributed by atoms with van der Waals surface area (Å²) in [7, 11) is 0. The third kappa shape index (κ3) is 5.09. The number of alkyl halides is 3. The van der Waals surface area contributed by atoms with E-state index in [4.69, 9.17) is 0 Å². The number of halogens is 3.